The lowest BCUT2D eigenvalue weighted by Crippen LogP contribution is -2.09. The molecular weight excluding hydrogens is 234 g/mol. The van der Waals surface area contributed by atoms with Gasteiger partial charge in [0.1, 0.15) is 16.1 Å². The number of rotatable bonds is 1. The fraction of sp³-hybridized carbons (Fsp3) is 0. The molecule has 0 aliphatic heterocycles. The van der Waals surface area contributed by atoms with Crippen molar-refractivity contribution >= 4 is 22.9 Å². The molecule has 0 spiro atoms. The summed E-state index contributed by atoms with van der Waals surface area (Å²) in [7, 11) is 0. The SMILES string of the molecule is N#Cc1ccc(-c2cc(Cl)n[nH]c2=O)s1. The van der Waals surface area contributed by atoms with E-state index in [2.05, 4.69) is 10.2 Å². The maximum Gasteiger partial charge on any atom is 0.272 e. The number of hydrogen-bond donors (Lipinski definition) is 1. The van der Waals surface area contributed by atoms with Gasteiger partial charge in [0.2, 0.25) is 0 Å². The minimum absolute atomic E-state index is 0.219. The molecule has 2 heterocycles. The predicted octanol–water partition coefficient (Wildman–Crippen LogP) is 2.02. The number of aromatic amines is 1. The van der Waals surface area contributed by atoms with Gasteiger partial charge in [-0.05, 0) is 18.2 Å². The highest BCUT2D eigenvalue weighted by atomic mass is 35.5. The Hall–Kier alpha value is -1.64. The zero-order valence-corrected chi connectivity index (χ0v) is 8.89. The van der Waals surface area contributed by atoms with E-state index in [0.29, 0.717) is 15.3 Å². The molecule has 4 nitrogen and oxygen atoms in total. The molecule has 0 bridgehead atoms. The maximum absolute atomic E-state index is 11.4. The van der Waals surface area contributed by atoms with Crippen LogP contribution in [0.5, 0.6) is 0 Å². The van der Waals surface area contributed by atoms with E-state index in [-0.39, 0.29) is 10.7 Å². The molecule has 0 aromatic carbocycles. The normalized spacial score (nSPS) is 9.87. The Labute approximate surface area is 93.8 Å². The van der Waals surface area contributed by atoms with Crippen LogP contribution in [0.2, 0.25) is 5.15 Å². The van der Waals surface area contributed by atoms with E-state index in [9.17, 15) is 4.79 Å². The first-order valence-corrected chi connectivity index (χ1v) is 5.15. The van der Waals surface area contributed by atoms with Crippen LogP contribution in [0.15, 0.2) is 23.0 Å². The molecule has 2 rings (SSSR count). The van der Waals surface area contributed by atoms with E-state index in [1.54, 1.807) is 12.1 Å². The summed E-state index contributed by atoms with van der Waals surface area (Å²) in [6.07, 6.45) is 0. The first-order chi connectivity index (χ1) is 7.20. The van der Waals surface area contributed by atoms with Gasteiger partial charge in [-0.1, -0.05) is 11.6 Å². The number of aromatic nitrogens is 2. The van der Waals surface area contributed by atoms with Crippen LogP contribution in [0.1, 0.15) is 4.88 Å². The zero-order chi connectivity index (χ0) is 10.8. The van der Waals surface area contributed by atoms with Crippen molar-refractivity contribution in [3.8, 4) is 16.5 Å². The highest BCUT2D eigenvalue weighted by Crippen LogP contribution is 2.25. The van der Waals surface area contributed by atoms with Gasteiger partial charge in [-0.2, -0.15) is 10.4 Å². The summed E-state index contributed by atoms with van der Waals surface area (Å²) >= 11 is 6.91. The highest BCUT2D eigenvalue weighted by molar-refractivity contribution is 7.16. The number of nitrogens with zero attached hydrogens (tertiary/aromatic N) is 2. The summed E-state index contributed by atoms with van der Waals surface area (Å²) in [5, 5.41) is 14.7. The molecule has 0 radical (unpaired) electrons. The average Bonchev–Trinajstić information content (AvgIpc) is 2.70. The summed E-state index contributed by atoms with van der Waals surface area (Å²) in [6, 6.07) is 6.86. The van der Waals surface area contributed by atoms with Gasteiger partial charge in [0, 0.05) is 4.88 Å². The second kappa shape index (κ2) is 3.85. The number of thiophene rings is 1. The number of hydrogen-bond acceptors (Lipinski definition) is 4. The Morgan fingerprint density at radius 1 is 1.53 bits per heavy atom. The minimum atomic E-state index is -0.314. The predicted molar refractivity (Wildman–Crippen MR) is 57.9 cm³/mol. The van der Waals surface area contributed by atoms with E-state index in [0.717, 1.165) is 0 Å². The summed E-state index contributed by atoms with van der Waals surface area (Å²) in [5.74, 6) is 0. The van der Waals surface area contributed by atoms with Crippen molar-refractivity contribution in [3.05, 3.63) is 38.6 Å². The van der Waals surface area contributed by atoms with Crippen LogP contribution in [0.4, 0.5) is 0 Å². The lowest BCUT2D eigenvalue weighted by molar-refractivity contribution is 0.993. The molecule has 0 atom stereocenters. The maximum atomic E-state index is 11.4. The molecule has 0 aliphatic carbocycles. The van der Waals surface area contributed by atoms with Crippen LogP contribution in [-0.4, -0.2) is 10.2 Å². The monoisotopic (exact) mass is 237 g/mol. The lowest BCUT2D eigenvalue weighted by atomic mass is 10.2. The molecule has 1 N–H and O–H groups in total. The van der Waals surface area contributed by atoms with Crippen molar-refractivity contribution < 1.29 is 0 Å². The molecule has 0 aliphatic rings. The zero-order valence-electron chi connectivity index (χ0n) is 7.32. The fourth-order valence-corrected chi connectivity index (χ4v) is 2.07. The first-order valence-electron chi connectivity index (χ1n) is 3.96. The molecule has 74 valence electrons. The van der Waals surface area contributed by atoms with Gasteiger partial charge in [0.25, 0.3) is 5.56 Å². The molecule has 0 saturated carbocycles. The molecule has 2 aromatic heterocycles. The number of H-pyrrole nitrogens is 1. The molecule has 0 saturated heterocycles. The van der Waals surface area contributed by atoms with Gasteiger partial charge in [-0.15, -0.1) is 11.3 Å². The number of nitriles is 1. The second-order valence-corrected chi connectivity index (χ2v) is 4.18. The van der Waals surface area contributed by atoms with Crippen LogP contribution in [0.25, 0.3) is 10.4 Å². The summed E-state index contributed by atoms with van der Waals surface area (Å²) in [6.45, 7) is 0. The van der Waals surface area contributed by atoms with Gasteiger partial charge in [0.05, 0.1) is 5.56 Å². The quantitative estimate of drug-likeness (QED) is 0.825. The summed E-state index contributed by atoms with van der Waals surface area (Å²) in [4.78, 5) is 12.7. The van der Waals surface area contributed by atoms with E-state index in [4.69, 9.17) is 16.9 Å². The molecular formula is C9H4ClN3OS. The van der Waals surface area contributed by atoms with Gasteiger partial charge in [-0.3, -0.25) is 4.79 Å². The van der Waals surface area contributed by atoms with E-state index in [1.165, 1.54) is 17.4 Å². The van der Waals surface area contributed by atoms with Crippen LogP contribution in [0.3, 0.4) is 0 Å². The second-order valence-electron chi connectivity index (χ2n) is 2.71. The molecule has 0 amide bonds. The van der Waals surface area contributed by atoms with E-state index in [1.807, 2.05) is 6.07 Å². The van der Waals surface area contributed by atoms with Gasteiger partial charge < -0.3 is 0 Å². The highest BCUT2D eigenvalue weighted by Gasteiger charge is 2.07. The first kappa shape index (κ1) is 9.90. The Kier molecular flexibility index (Phi) is 2.54. The molecule has 0 fully saturated rings. The lowest BCUT2D eigenvalue weighted by Gasteiger charge is -1.94. The van der Waals surface area contributed by atoms with Crippen molar-refractivity contribution in [2.24, 2.45) is 0 Å². The van der Waals surface area contributed by atoms with E-state index >= 15 is 0 Å². The van der Waals surface area contributed by atoms with Crippen molar-refractivity contribution in [2.75, 3.05) is 0 Å². The summed E-state index contributed by atoms with van der Waals surface area (Å²) < 4.78 is 0. The largest absolute Gasteiger partial charge is 0.272 e. The van der Waals surface area contributed by atoms with Crippen LogP contribution in [0, 0.1) is 11.3 Å². The molecule has 15 heavy (non-hydrogen) atoms. The third-order valence-corrected chi connectivity index (χ3v) is 2.97. The Balaban J connectivity index is 2.59. The standard InChI is InChI=1S/C9H4ClN3OS/c10-8-3-6(9(14)13-12-8)7-2-1-5(4-11)15-7/h1-3H,(H,13,14). The van der Waals surface area contributed by atoms with Crippen LogP contribution < -0.4 is 5.56 Å². The third kappa shape index (κ3) is 1.91. The molecule has 6 heteroatoms. The Morgan fingerprint density at radius 2 is 2.33 bits per heavy atom. The fourth-order valence-electron chi connectivity index (χ4n) is 1.11. The molecule has 2 aromatic rings. The Morgan fingerprint density at radius 3 is 3.00 bits per heavy atom. The Bertz CT molecular complexity index is 596. The topological polar surface area (TPSA) is 69.5 Å². The van der Waals surface area contributed by atoms with Crippen LogP contribution in [-0.2, 0) is 0 Å². The van der Waals surface area contributed by atoms with Crippen molar-refractivity contribution in [2.45, 2.75) is 0 Å². The minimum Gasteiger partial charge on any atom is -0.267 e. The van der Waals surface area contributed by atoms with Gasteiger partial charge in [0.15, 0.2) is 0 Å². The van der Waals surface area contributed by atoms with Gasteiger partial charge in [-0.25, -0.2) is 5.10 Å². The average molecular weight is 238 g/mol. The van der Waals surface area contributed by atoms with E-state index < -0.39 is 0 Å². The van der Waals surface area contributed by atoms with Crippen molar-refractivity contribution in [1.29, 1.82) is 5.26 Å². The third-order valence-electron chi connectivity index (χ3n) is 1.75. The summed E-state index contributed by atoms with van der Waals surface area (Å²) in [5.41, 5.74) is 0.118. The van der Waals surface area contributed by atoms with Crippen LogP contribution >= 0.6 is 22.9 Å². The molecule has 0 unspecified atom stereocenters. The van der Waals surface area contributed by atoms with Crippen molar-refractivity contribution in [3.63, 3.8) is 0 Å². The smallest absolute Gasteiger partial charge is 0.267 e. The van der Waals surface area contributed by atoms with Crippen molar-refractivity contribution in [1.82, 2.24) is 10.2 Å². The number of nitrogens with one attached hydrogen (secondary N) is 1. The number of halogens is 1. The van der Waals surface area contributed by atoms with Gasteiger partial charge >= 0.3 is 0 Å².